The highest BCUT2D eigenvalue weighted by Gasteiger charge is 2.15. The summed E-state index contributed by atoms with van der Waals surface area (Å²) >= 11 is 0. The number of rotatable bonds is 4. The van der Waals surface area contributed by atoms with Crippen LogP contribution >= 0.6 is 0 Å². The zero-order chi connectivity index (χ0) is 18.8. The Labute approximate surface area is 155 Å². The largest absolute Gasteiger partial charge is 0.507 e. The highest BCUT2D eigenvalue weighted by atomic mass is 19.1. The van der Waals surface area contributed by atoms with Gasteiger partial charge in [-0.25, -0.2) is 9.37 Å². The number of hydrogen-bond donors (Lipinski definition) is 1. The number of fused-ring (bicyclic) bond motifs is 1. The Bertz CT molecular complexity index is 1180. The summed E-state index contributed by atoms with van der Waals surface area (Å²) in [6, 6.07) is 20.2. The molecule has 3 aromatic carbocycles. The molecule has 134 valence electrons. The molecule has 0 atom stereocenters. The predicted octanol–water partition coefficient (Wildman–Crippen LogP) is 4.15. The fourth-order valence-corrected chi connectivity index (χ4v) is 3.18. The number of benzene rings is 3. The molecule has 0 aliphatic heterocycles. The molecular weight excluding hydrogens is 343 g/mol. The molecular formula is C22H17FN2O2. The minimum Gasteiger partial charge on any atom is -0.507 e. The maximum atomic E-state index is 13.5. The minimum atomic E-state index is -0.308. The van der Waals surface area contributed by atoms with Gasteiger partial charge in [0.25, 0.3) is 5.56 Å². The lowest BCUT2D eigenvalue weighted by atomic mass is 10.1. The lowest BCUT2D eigenvalue weighted by Gasteiger charge is -2.14. The van der Waals surface area contributed by atoms with Crippen molar-refractivity contribution in [3.8, 4) is 17.1 Å². The van der Waals surface area contributed by atoms with E-state index < -0.39 is 0 Å². The van der Waals surface area contributed by atoms with Crippen LogP contribution in [-0.4, -0.2) is 14.7 Å². The van der Waals surface area contributed by atoms with Gasteiger partial charge in [0.1, 0.15) is 17.4 Å². The second kappa shape index (κ2) is 7.03. The topological polar surface area (TPSA) is 55.1 Å². The Morgan fingerprint density at radius 1 is 0.963 bits per heavy atom. The van der Waals surface area contributed by atoms with Gasteiger partial charge in [0.05, 0.1) is 16.5 Å². The van der Waals surface area contributed by atoms with Crippen molar-refractivity contribution in [1.29, 1.82) is 0 Å². The van der Waals surface area contributed by atoms with E-state index in [-0.39, 0.29) is 17.1 Å². The molecule has 0 bridgehead atoms. The quantitative estimate of drug-likeness (QED) is 0.595. The summed E-state index contributed by atoms with van der Waals surface area (Å²) in [5.74, 6) is 0.143. The molecule has 0 saturated carbocycles. The van der Waals surface area contributed by atoms with E-state index in [0.29, 0.717) is 35.3 Å². The first-order valence-electron chi connectivity index (χ1n) is 8.66. The summed E-state index contributed by atoms with van der Waals surface area (Å²) < 4.78 is 15.0. The molecule has 27 heavy (non-hydrogen) atoms. The van der Waals surface area contributed by atoms with Gasteiger partial charge >= 0.3 is 0 Å². The third-order valence-corrected chi connectivity index (χ3v) is 4.52. The third kappa shape index (κ3) is 3.31. The summed E-state index contributed by atoms with van der Waals surface area (Å²) in [6.07, 6.45) is 0.471. The van der Waals surface area contributed by atoms with Crippen LogP contribution in [0.1, 0.15) is 5.56 Å². The lowest BCUT2D eigenvalue weighted by molar-refractivity contribution is 0.476. The normalized spacial score (nSPS) is 11.0. The fourth-order valence-electron chi connectivity index (χ4n) is 3.18. The van der Waals surface area contributed by atoms with E-state index in [1.165, 1.54) is 12.1 Å². The molecule has 0 aliphatic rings. The average molecular weight is 360 g/mol. The van der Waals surface area contributed by atoms with E-state index in [9.17, 15) is 14.3 Å². The van der Waals surface area contributed by atoms with E-state index in [1.54, 1.807) is 53.1 Å². The van der Waals surface area contributed by atoms with E-state index in [4.69, 9.17) is 0 Å². The molecule has 0 radical (unpaired) electrons. The molecule has 1 aromatic heterocycles. The Morgan fingerprint density at radius 2 is 1.74 bits per heavy atom. The van der Waals surface area contributed by atoms with Crippen LogP contribution in [-0.2, 0) is 13.0 Å². The molecule has 4 nitrogen and oxygen atoms in total. The van der Waals surface area contributed by atoms with Gasteiger partial charge in [-0.05, 0) is 48.4 Å². The van der Waals surface area contributed by atoms with Crippen molar-refractivity contribution in [3.05, 3.63) is 94.5 Å². The lowest BCUT2D eigenvalue weighted by Crippen LogP contribution is -2.24. The smallest absolute Gasteiger partial charge is 0.261 e. The Kier molecular flexibility index (Phi) is 4.42. The van der Waals surface area contributed by atoms with Gasteiger partial charge in [0.15, 0.2) is 0 Å². The Hall–Kier alpha value is -3.47. The molecule has 0 spiro atoms. The molecule has 0 fully saturated rings. The first-order chi connectivity index (χ1) is 13.1. The van der Waals surface area contributed by atoms with Crippen molar-refractivity contribution in [2.24, 2.45) is 0 Å². The highest BCUT2D eigenvalue weighted by molar-refractivity contribution is 5.80. The molecule has 0 aliphatic carbocycles. The van der Waals surface area contributed by atoms with Crippen LogP contribution in [0.25, 0.3) is 22.3 Å². The standard InChI is InChI=1S/C22H17FN2O2/c23-16-7-5-6-15(14-16)12-13-25-21(18-9-2-4-11-20(18)26)24-19-10-3-1-8-17(19)22(25)27/h1-11,14,26H,12-13H2. The van der Waals surface area contributed by atoms with Crippen LogP contribution in [0.3, 0.4) is 0 Å². The molecule has 5 heteroatoms. The average Bonchev–Trinajstić information content (AvgIpc) is 2.68. The molecule has 0 unspecified atom stereocenters. The maximum absolute atomic E-state index is 13.5. The number of phenols is 1. The van der Waals surface area contributed by atoms with Gasteiger partial charge in [0, 0.05) is 6.54 Å². The van der Waals surface area contributed by atoms with Gasteiger partial charge in [0.2, 0.25) is 0 Å². The van der Waals surface area contributed by atoms with Gasteiger partial charge in [-0.2, -0.15) is 0 Å². The number of hydrogen-bond acceptors (Lipinski definition) is 3. The van der Waals surface area contributed by atoms with Crippen LogP contribution in [0, 0.1) is 5.82 Å². The number of phenolic OH excluding ortho intramolecular Hbond substituents is 1. The summed E-state index contributed by atoms with van der Waals surface area (Å²) in [4.78, 5) is 17.7. The summed E-state index contributed by atoms with van der Waals surface area (Å²) in [7, 11) is 0. The first-order valence-corrected chi connectivity index (χ1v) is 8.66. The van der Waals surface area contributed by atoms with Crippen molar-refractivity contribution >= 4 is 10.9 Å². The fraction of sp³-hybridized carbons (Fsp3) is 0.0909. The number of nitrogens with zero attached hydrogens (tertiary/aromatic N) is 2. The van der Waals surface area contributed by atoms with E-state index in [0.717, 1.165) is 5.56 Å². The van der Waals surface area contributed by atoms with Crippen LogP contribution in [0.2, 0.25) is 0 Å². The predicted molar refractivity (Wildman–Crippen MR) is 103 cm³/mol. The number of halogens is 1. The number of aromatic hydroxyl groups is 1. The van der Waals surface area contributed by atoms with Crippen LogP contribution < -0.4 is 5.56 Å². The Morgan fingerprint density at radius 3 is 2.56 bits per heavy atom. The zero-order valence-electron chi connectivity index (χ0n) is 14.5. The summed E-state index contributed by atoms with van der Waals surface area (Å²) in [5, 5.41) is 10.8. The summed E-state index contributed by atoms with van der Waals surface area (Å²) in [6.45, 7) is 0.323. The van der Waals surface area contributed by atoms with Crippen LogP contribution in [0.5, 0.6) is 5.75 Å². The van der Waals surface area contributed by atoms with Crippen molar-refractivity contribution < 1.29 is 9.50 Å². The molecule has 4 aromatic rings. The van der Waals surface area contributed by atoms with E-state index in [1.807, 2.05) is 12.1 Å². The van der Waals surface area contributed by atoms with Crippen LogP contribution in [0.4, 0.5) is 4.39 Å². The van der Waals surface area contributed by atoms with Gasteiger partial charge in [-0.15, -0.1) is 0 Å². The molecule has 4 rings (SSSR count). The van der Waals surface area contributed by atoms with Crippen LogP contribution in [0.15, 0.2) is 77.6 Å². The Balaban J connectivity index is 1.86. The van der Waals surface area contributed by atoms with Gasteiger partial charge in [-0.3, -0.25) is 9.36 Å². The number of para-hydroxylation sites is 2. The van der Waals surface area contributed by atoms with Crippen molar-refractivity contribution in [2.75, 3.05) is 0 Å². The summed E-state index contributed by atoms with van der Waals surface area (Å²) in [5.41, 5.74) is 1.66. The van der Waals surface area contributed by atoms with Gasteiger partial charge in [-0.1, -0.05) is 36.4 Å². The van der Waals surface area contributed by atoms with Crippen molar-refractivity contribution in [3.63, 3.8) is 0 Å². The SMILES string of the molecule is O=c1c2ccccc2nc(-c2ccccc2O)n1CCc1cccc(F)c1. The monoisotopic (exact) mass is 360 g/mol. The molecule has 1 heterocycles. The first kappa shape index (κ1) is 17.0. The second-order valence-electron chi connectivity index (χ2n) is 6.31. The van der Waals surface area contributed by atoms with Crippen molar-refractivity contribution in [2.45, 2.75) is 13.0 Å². The molecule has 0 saturated heterocycles. The number of aryl methyl sites for hydroxylation is 1. The maximum Gasteiger partial charge on any atom is 0.261 e. The molecule has 1 N–H and O–H groups in total. The highest BCUT2D eigenvalue weighted by Crippen LogP contribution is 2.27. The minimum absolute atomic E-state index is 0.0548. The van der Waals surface area contributed by atoms with E-state index >= 15 is 0 Å². The zero-order valence-corrected chi connectivity index (χ0v) is 14.5. The number of aromatic nitrogens is 2. The van der Waals surface area contributed by atoms with E-state index in [2.05, 4.69) is 4.98 Å². The van der Waals surface area contributed by atoms with Crippen molar-refractivity contribution in [1.82, 2.24) is 9.55 Å². The third-order valence-electron chi connectivity index (χ3n) is 4.52. The molecule has 0 amide bonds. The van der Waals surface area contributed by atoms with Gasteiger partial charge < -0.3 is 5.11 Å². The second-order valence-corrected chi connectivity index (χ2v) is 6.31.